The second kappa shape index (κ2) is 19.2. The normalized spacial score (nSPS) is 11.0. The Morgan fingerprint density at radius 2 is 1.18 bits per heavy atom. The highest BCUT2D eigenvalue weighted by Crippen LogP contribution is 2.13. The molecule has 0 saturated carbocycles. The van der Waals surface area contributed by atoms with E-state index in [1.807, 2.05) is 0 Å². The van der Waals surface area contributed by atoms with E-state index >= 15 is 0 Å². The Morgan fingerprint density at radius 3 is 1.64 bits per heavy atom. The lowest BCUT2D eigenvalue weighted by atomic mass is 10.0. The van der Waals surface area contributed by atoms with Crippen molar-refractivity contribution in [2.45, 2.75) is 109 Å². The number of rotatable bonds is 17. The van der Waals surface area contributed by atoms with Crippen LogP contribution >= 0.6 is 12.2 Å². The van der Waals surface area contributed by atoms with E-state index in [2.05, 4.69) is 6.92 Å². The van der Waals surface area contributed by atoms with Crippen LogP contribution in [0.5, 0.6) is 0 Å². The first-order valence-corrected chi connectivity index (χ1v) is 11.8. The van der Waals surface area contributed by atoms with Crippen LogP contribution in [0.3, 0.4) is 0 Å². The van der Waals surface area contributed by atoms with Crippen molar-refractivity contribution in [2.24, 2.45) is 0 Å². The van der Waals surface area contributed by atoms with E-state index in [9.17, 15) is 0 Å². The van der Waals surface area contributed by atoms with Crippen molar-refractivity contribution >= 4 is 27.5 Å². The van der Waals surface area contributed by atoms with Gasteiger partial charge in [-0.15, -0.1) is 0 Å². The number of hydrogen-bond donors (Lipinski definition) is 0. The SMILES string of the molecule is CCCCCCCCCCCCCCCC(=S)OCCC[SiH3]. The predicted octanol–water partition coefficient (Wildman–Crippen LogP) is 5.99. The Morgan fingerprint density at radius 1 is 0.727 bits per heavy atom. The van der Waals surface area contributed by atoms with E-state index in [0.717, 1.165) is 18.1 Å². The third-order valence-corrected chi connectivity index (χ3v) is 5.27. The summed E-state index contributed by atoms with van der Waals surface area (Å²) >= 11 is 5.24. The summed E-state index contributed by atoms with van der Waals surface area (Å²) in [5, 5.41) is 0.846. The van der Waals surface area contributed by atoms with E-state index in [1.165, 1.54) is 106 Å². The molecule has 0 heterocycles. The summed E-state index contributed by atoms with van der Waals surface area (Å²) < 4.78 is 5.54. The van der Waals surface area contributed by atoms with Gasteiger partial charge in [-0.05, 0) is 25.1 Å². The fourth-order valence-corrected chi connectivity index (χ4v) is 3.21. The molecule has 0 N–H and O–H groups in total. The third-order valence-electron chi connectivity index (χ3n) is 4.25. The monoisotopic (exact) mass is 344 g/mol. The van der Waals surface area contributed by atoms with Gasteiger partial charge in [0.1, 0.15) is 0 Å². The van der Waals surface area contributed by atoms with Crippen molar-refractivity contribution in [1.82, 2.24) is 0 Å². The Hall–Kier alpha value is 0.107. The van der Waals surface area contributed by atoms with E-state index in [1.54, 1.807) is 0 Å². The molecule has 0 atom stereocenters. The van der Waals surface area contributed by atoms with E-state index in [-0.39, 0.29) is 0 Å². The summed E-state index contributed by atoms with van der Waals surface area (Å²) in [7, 11) is 1.28. The maximum Gasteiger partial charge on any atom is 0.159 e. The van der Waals surface area contributed by atoms with Crippen LogP contribution in [-0.4, -0.2) is 21.9 Å². The standard InChI is InChI=1S/C19H40OSSi/c1-2-3-4-5-6-7-8-9-10-11-12-13-14-16-19(21)20-17-15-18-22/h2-18H2,1,22H3. The molecule has 0 aliphatic heterocycles. The van der Waals surface area contributed by atoms with Gasteiger partial charge >= 0.3 is 0 Å². The molecular weight excluding hydrogens is 304 g/mol. The number of unbranched alkanes of at least 4 members (excludes halogenated alkanes) is 12. The maximum atomic E-state index is 5.54. The van der Waals surface area contributed by atoms with Gasteiger partial charge in [0, 0.05) is 16.7 Å². The summed E-state index contributed by atoms with van der Waals surface area (Å²) in [5.41, 5.74) is 0. The van der Waals surface area contributed by atoms with Gasteiger partial charge in [0.05, 0.1) is 6.61 Å². The van der Waals surface area contributed by atoms with Crippen LogP contribution < -0.4 is 0 Å². The minimum atomic E-state index is 0.846. The minimum absolute atomic E-state index is 0.846. The molecule has 0 aromatic carbocycles. The average molecular weight is 345 g/mol. The summed E-state index contributed by atoms with van der Waals surface area (Å²) in [5.74, 6) is 0. The van der Waals surface area contributed by atoms with Gasteiger partial charge < -0.3 is 4.74 Å². The predicted molar refractivity (Wildman–Crippen MR) is 108 cm³/mol. The largest absolute Gasteiger partial charge is 0.487 e. The van der Waals surface area contributed by atoms with Crippen LogP contribution in [0.1, 0.15) is 103 Å². The van der Waals surface area contributed by atoms with Crippen LogP contribution in [0.4, 0.5) is 0 Å². The molecule has 0 aromatic rings. The molecule has 0 unspecified atom stereocenters. The quantitative estimate of drug-likeness (QED) is 0.182. The number of ether oxygens (including phenoxy) is 1. The molecule has 0 rings (SSSR count). The fourth-order valence-electron chi connectivity index (χ4n) is 2.69. The first-order valence-electron chi connectivity index (χ1n) is 9.96. The molecule has 0 aromatic heterocycles. The fraction of sp³-hybridized carbons (Fsp3) is 0.947. The summed E-state index contributed by atoms with van der Waals surface area (Å²) in [6, 6.07) is 1.32. The summed E-state index contributed by atoms with van der Waals surface area (Å²) in [6.07, 6.45) is 20.4. The Bertz CT molecular complexity index is 233. The van der Waals surface area contributed by atoms with Crippen molar-refractivity contribution < 1.29 is 4.74 Å². The van der Waals surface area contributed by atoms with Gasteiger partial charge in [-0.1, -0.05) is 90.0 Å². The number of hydrogen-bond acceptors (Lipinski definition) is 2. The lowest BCUT2D eigenvalue weighted by Crippen LogP contribution is -2.03. The second-order valence-corrected chi connectivity index (χ2v) is 8.02. The van der Waals surface area contributed by atoms with E-state index in [4.69, 9.17) is 17.0 Å². The topological polar surface area (TPSA) is 9.23 Å². The molecule has 3 heteroatoms. The van der Waals surface area contributed by atoms with Gasteiger partial charge in [-0.2, -0.15) is 0 Å². The molecule has 0 radical (unpaired) electrons. The highest BCUT2D eigenvalue weighted by Gasteiger charge is 1.98. The van der Waals surface area contributed by atoms with Crippen molar-refractivity contribution in [2.75, 3.05) is 6.61 Å². The van der Waals surface area contributed by atoms with Gasteiger partial charge in [-0.3, -0.25) is 0 Å². The molecule has 0 amide bonds. The molecule has 0 bridgehead atoms. The van der Waals surface area contributed by atoms with Crippen molar-refractivity contribution in [1.29, 1.82) is 0 Å². The second-order valence-electron chi connectivity index (χ2n) is 6.57. The summed E-state index contributed by atoms with van der Waals surface area (Å²) in [4.78, 5) is 0. The van der Waals surface area contributed by atoms with Gasteiger partial charge in [0.25, 0.3) is 0 Å². The zero-order valence-corrected chi connectivity index (χ0v) is 18.2. The van der Waals surface area contributed by atoms with Crippen LogP contribution in [-0.2, 0) is 4.74 Å². The summed E-state index contributed by atoms with van der Waals surface area (Å²) in [6.45, 7) is 3.13. The van der Waals surface area contributed by atoms with Crippen LogP contribution in [0, 0.1) is 0 Å². The zero-order chi connectivity index (χ0) is 16.3. The number of thiocarbonyl (C=S) groups is 1. The Kier molecular flexibility index (Phi) is 19.2. The van der Waals surface area contributed by atoms with E-state index < -0.39 is 0 Å². The van der Waals surface area contributed by atoms with Gasteiger partial charge in [0.15, 0.2) is 5.05 Å². The van der Waals surface area contributed by atoms with E-state index in [0.29, 0.717) is 0 Å². The smallest absolute Gasteiger partial charge is 0.159 e. The molecule has 1 nitrogen and oxygen atoms in total. The zero-order valence-electron chi connectivity index (χ0n) is 15.3. The van der Waals surface area contributed by atoms with Gasteiger partial charge in [-0.25, -0.2) is 0 Å². The minimum Gasteiger partial charge on any atom is -0.487 e. The molecular formula is C19H40OSSi. The lowest BCUT2D eigenvalue weighted by Gasteiger charge is -2.06. The van der Waals surface area contributed by atoms with Crippen LogP contribution in [0.15, 0.2) is 0 Å². The highest BCUT2D eigenvalue weighted by atomic mass is 32.1. The highest BCUT2D eigenvalue weighted by molar-refractivity contribution is 7.80. The molecule has 22 heavy (non-hydrogen) atoms. The maximum absolute atomic E-state index is 5.54. The van der Waals surface area contributed by atoms with Crippen molar-refractivity contribution in [3.8, 4) is 0 Å². The molecule has 0 fully saturated rings. The molecule has 0 aliphatic rings. The first kappa shape index (κ1) is 22.1. The van der Waals surface area contributed by atoms with Crippen molar-refractivity contribution in [3.05, 3.63) is 0 Å². The van der Waals surface area contributed by atoms with Crippen LogP contribution in [0.2, 0.25) is 6.04 Å². The van der Waals surface area contributed by atoms with Gasteiger partial charge in [0.2, 0.25) is 0 Å². The third kappa shape index (κ3) is 18.2. The molecule has 0 aliphatic carbocycles. The van der Waals surface area contributed by atoms with Crippen molar-refractivity contribution in [3.63, 3.8) is 0 Å². The molecule has 0 spiro atoms. The lowest BCUT2D eigenvalue weighted by molar-refractivity contribution is 0.303. The average Bonchev–Trinajstić information content (AvgIpc) is 2.52. The molecule has 132 valence electrons. The molecule has 0 saturated heterocycles. The Labute approximate surface area is 148 Å². The first-order chi connectivity index (χ1) is 10.8. The van der Waals surface area contributed by atoms with Crippen LogP contribution in [0.25, 0.3) is 0 Å². The Balaban J connectivity index is 3.06.